The number of hydrogen-bond acceptors (Lipinski definition) is 4. The van der Waals surface area contributed by atoms with Crippen molar-refractivity contribution in [1.29, 1.82) is 0 Å². The summed E-state index contributed by atoms with van der Waals surface area (Å²) in [6.45, 7) is 2.95. The standard InChI is InChI=1S/C13H15NO2S/c1-10-6-12(16-14-10)9-15-8-11-4-3-5-13(7-11)17-2/h3-7H,8-9H2,1-2H3. The van der Waals surface area contributed by atoms with Gasteiger partial charge in [-0.05, 0) is 30.9 Å². The molecule has 1 aromatic heterocycles. The molecule has 1 aromatic carbocycles. The van der Waals surface area contributed by atoms with Gasteiger partial charge in [-0.2, -0.15) is 0 Å². The topological polar surface area (TPSA) is 35.3 Å². The third-order valence-corrected chi connectivity index (χ3v) is 3.05. The van der Waals surface area contributed by atoms with Gasteiger partial charge in [-0.3, -0.25) is 0 Å². The minimum atomic E-state index is 0.463. The predicted octanol–water partition coefficient (Wildman–Crippen LogP) is 3.42. The maximum absolute atomic E-state index is 5.58. The number of aryl methyl sites for hydroxylation is 1. The molecule has 0 fully saturated rings. The second kappa shape index (κ2) is 5.89. The lowest BCUT2D eigenvalue weighted by Gasteiger charge is -2.03. The summed E-state index contributed by atoms with van der Waals surface area (Å²) in [6, 6.07) is 10.2. The van der Waals surface area contributed by atoms with Crippen molar-refractivity contribution in [3.8, 4) is 0 Å². The molecular weight excluding hydrogens is 234 g/mol. The minimum Gasteiger partial charge on any atom is -0.369 e. The zero-order chi connectivity index (χ0) is 12.1. The summed E-state index contributed by atoms with van der Waals surface area (Å²) < 4.78 is 10.6. The molecule has 90 valence electrons. The normalized spacial score (nSPS) is 10.7. The fourth-order valence-electron chi connectivity index (χ4n) is 1.52. The van der Waals surface area contributed by atoms with Crippen LogP contribution in [0.1, 0.15) is 17.0 Å². The van der Waals surface area contributed by atoms with E-state index in [1.165, 1.54) is 10.5 Å². The van der Waals surface area contributed by atoms with Crippen molar-refractivity contribution in [2.45, 2.75) is 25.0 Å². The number of nitrogens with zero attached hydrogens (tertiary/aromatic N) is 1. The Morgan fingerprint density at radius 3 is 2.88 bits per heavy atom. The van der Waals surface area contributed by atoms with Gasteiger partial charge in [-0.15, -0.1) is 11.8 Å². The number of benzene rings is 1. The van der Waals surface area contributed by atoms with Crippen LogP contribution >= 0.6 is 11.8 Å². The number of aromatic nitrogens is 1. The van der Waals surface area contributed by atoms with Crippen LogP contribution in [0.2, 0.25) is 0 Å². The van der Waals surface area contributed by atoms with Crippen LogP contribution in [0.5, 0.6) is 0 Å². The Hall–Kier alpha value is -1.26. The molecule has 0 atom stereocenters. The largest absolute Gasteiger partial charge is 0.369 e. The predicted molar refractivity (Wildman–Crippen MR) is 68.0 cm³/mol. The van der Waals surface area contributed by atoms with Crippen LogP contribution < -0.4 is 0 Å². The summed E-state index contributed by atoms with van der Waals surface area (Å²) in [7, 11) is 0. The van der Waals surface area contributed by atoms with Crippen molar-refractivity contribution < 1.29 is 9.26 Å². The maximum Gasteiger partial charge on any atom is 0.162 e. The van der Waals surface area contributed by atoms with Crippen molar-refractivity contribution in [1.82, 2.24) is 5.16 Å². The second-order valence-electron chi connectivity index (χ2n) is 3.78. The highest BCUT2D eigenvalue weighted by molar-refractivity contribution is 7.98. The lowest BCUT2D eigenvalue weighted by molar-refractivity contribution is 0.0882. The first-order valence-electron chi connectivity index (χ1n) is 5.41. The molecule has 17 heavy (non-hydrogen) atoms. The highest BCUT2D eigenvalue weighted by Crippen LogP contribution is 2.16. The summed E-state index contributed by atoms with van der Waals surface area (Å²) in [5.41, 5.74) is 2.06. The third kappa shape index (κ3) is 3.61. The molecule has 0 bridgehead atoms. The first kappa shape index (κ1) is 12.2. The van der Waals surface area contributed by atoms with Crippen molar-refractivity contribution >= 4 is 11.8 Å². The van der Waals surface area contributed by atoms with E-state index in [-0.39, 0.29) is 0 Å². The van der Waals surface area contributed by atoms with Crippen LogP contribution in [0.25, 0.3) is 0 Å². The zero-order valence-electron chi connectivity index (χ0n) is 9.97. The summed E-state index contributed by atoms with van der Waals surface area (Å²) in [6.07, 6.45) is 2.07. The van der Waals surface area contributed by atoms with Crippen molar-refractivity contribution in [3.05, 3.63) is 47.3 Å². The van der Waals surface area contributed by atoms with Crippen molar-refractivity contribution in [2.75, 3.05) is 6.26 Å². The van der Waals surface area contributed by atoms with Crippen molar-refractivity contribution in [3.63, 3.8) is 0 Å². The zero-order valence-corrected chi connectivity index (χ0v) is 10.8. The van der Waals surface area contributed by atoms with E-state index < -0.39 is 0 Å². The summed E-state index contributed by atoms with van der Waals surface area (Å²) in [4.78, 5) is 1.25. The van der Waals surface area contributed by atoms with Gasteiger partial charge < -0.3 is 9.26 Å². The van der Waals surface area contributed by atoms with E-state index in [0.29, 0.717) is 13.2 Å². The van der Waals surface area contributed by atoms with E-state index in [4.69, 9.17) is 9.26 Å². The van der Waals surface area contributed by atoms with Crippen LogP contribution in [0.4, 0.5) is 0 Å². The van der Waals surface area contributed by atoms with Crippen LogP contribution in [-0.2, 0) is 18.0 Å². The lowest BCUT2D eigenvalue weighted by atomic mass is 10.2. The SMILES string of the molecule is CSc1cccc(COCc2cc(C)no2)c1. The molecule has 2 aromatic rings. The van der Waals surface area contributed by atoms with Gasteiger partial charge in [0, 0.05) is 11.0 Å². The number of rotatable bonds is 5. The van der Waals surface area contributed by atoms with Crippen LogP contribution in [-0.4, -0.2) is 11.4 Å². The molecular formula is C13H15NO2S. The molecule has 0 unspecified atom stereocenters. The molecule has 1 heterocycles. The Bertz CT molecular complexity index is 482. The molecule has 0 aliphatic rings. The molecule has 2 rings (SSSR count). The quantitative estimate of drug-likeness (QED) is 0.761. The number of ether oxygens (including phenoxy) is 1. The fourth-order valence-corrected chi connectivity index (χ4v) is 2.00. The molecule has 0 saturated heterocycles. The first-order valence-corrected chi connectivity index (χ1v) is 6.63. The monoisotopic (exact) mass is 249 g/mol. The van der Waals surface area contributed by atoms with Gasteiger partial charge in [0.05, 0.1) is 12.3 Å². The van der Waals surface area contributed by atoms with E-state index in [0.717, 1.165) is 11.5 Å². The molecule has 0 saturated carbocycles. The van der Waals surface area contributed by atoms with E-state index in [9.17, 15) is 0 Å². The van der Waals surface area contributed by atoms with Gasteiger partial charge in [0.2, 0.25) is 0 Å². The minimum absolute atomic E-state index is 0.463. The molecule has 0 amide bonds. The van der Waals surface area contributed by atoms with Gasteiger partial charge in [0.1, 0.15) is 6.61 Å². The summed E-state index contributed by atoms with van der Waals surface area (Å²) in [5.74, 6) is 0.767. The van der Waals surface area contributed by atoms with E-state index in [1.54, 1.807) is 11.8 Å². The number of thioether (sulfide) groups is 1. The average molecular weight is 249 g/mol. The molecule has 0 radical (unpaired) electrons. The van der Waals surface area contributed by atoms with E-state index in [2.05, 4.69) is 29.6 Å². The summed E-state index contributed by atoms with van der Waals surface area (Å²) in [5, 5.41) is 3.81. The Balaban J connectivity index is 1.85. The Morgan fingerprint density at radius 1 is 1.29 bits per heavy atom. The molecule has 0 aliphatic carbocycles. The van der Waals surface area contributed by atoms with Gasteiger partial charge >= 0.3 is 0 Å². The van der Waals surface area contributed by atoms with Gasteiger partial charge in [0.15, 0.2) is 5.76 Å². The fraction of sp³-hybridized carbons (Fsp3) is 0.308. The highest BCUT2D eigenvalue weighted by atomic mass is 32.2. The van der Waals surface area contributed by atoms with Gasteiger partial charge in [-0.1, -0.05) is 17.3 Å². The smallest absolute Gasteiger partial charge is 0.162 e. The van der Waals surface area contributed by atoms with Crippen LogP contribution in [0, 0.1) is 6.92 Å². The van der Waals surface area contributed by atoms with E-state index in [1.807, 2.05) is 19.1 Å². The third-order valence-electron chi connectivity index (χ3n) is 2.32. The Kier molecular flexibility index (Phi) is 4.23. The average Bonchev–Trinajstić information content (AvgIpc) is 2.75. The molecule has 4 heteroatoms. The molecule has 0 spiro atoms. The highest BCUT2D eigenvalue weighted by Gasteiger charge is 2.01. The first-order chi connectivity index (χ1) is 8.28. The van der Waals surface area contributed by atoms with E-state index >= 15 is 0 Å². The van der Waals surface area contributed by atoms with Gasteiger partial charge in [-0.25, -0.2) is 0 Å². The lowest BCUT2D eigenvalue weighted by Crippen LogP contribution is -1.93. The van der Waals surface area contributed by atoms with Crippen LogP contribution in [0.3, 0.4) is 0 Å². The Labute approximate surface area is 105 Å². The summed E-state index contributed by atoms with van der Waals surface area (Å²) >= 11 is 1.73. The van der Waals surface area contributed by atoms with Crippen molar-refractivity contribution in [2.24, 2.45) is 0 Å². The Morgan fingerprint density at radius 2 is 2.18 bits per heavy atom. The molecule has 0 N–H and O–H groups in total. The molecule has 3 nitrogen and oxygen atoms in total. The maximum atomic E-state index is 5.58. The van der Waals surface area contributed by atoms with Gasteiger partial charge in [0.25, 0.3) is 0 Å². The number of hydrogen-bond donors (Lipinski definition) is 0. The molecule has 0 aliphatic heterocycles. The van der Waals surface area contributed by atoms with Crippen LogP contribution in [0.15, 0.2) is 39.8 Å². The second-order valence-corrected chi connectivity index (χ2v) is 4.66.